The van der Waals surface area contributed by atoms with Crippen molar-refractivity contribution in [3.05, 3.63) is 69.5 Å². The third-order valence-electron chi connectivity index (χ3n) is 3.22. The highest BCUT2D eigenvalue weighted by Crippen LogP contribution is 2.23. The number of nitrogens with zero attached hydrogens (tertiary/aromatic N) is 1. The van der Waals surface area contributed by atoms with Crippen molar-refractivity contribution in [3.8, 4) is 0 Å². The lowest BCUT2D eigenvalue weighted by atomic mass is 10.2. The van der Waals surface area contributed by atoms with Gasteiger partial charge in [-0.15, -0.1) is 11.3 Å². The zero-order chi connectivity index (χ0) is 16.2. The Morgan fingerprint density at radius 2 is 2.09 bits per heavy atom. The first kappa shape index (κ1) is 15.5. The van der Waals surface area contributed by atoms with E-state index in [9.17, 15) is 4.79 Å². The van der Waals surface area contributed by atoms with E-state index in [4.69, 9.17) is 11.6 Å². The Bertz CT molecular complexity index is 816. The van der Waals surface area contributed by atoms with Gasteiger partial charge in [-0.05, 0) is 54.3 Å². The van der Waals surface area contributed by atoms with Crippen LogP contribution in [-0.4, -0.2) is 10.9 Å². The summed E-state index contributed by atoms with van der Waals surface area (Å²) in [7, 11) is 0. The Morgan fingerprint density at radius 1 is 1.22 bits per heavy atom. The Hall–Kier alpha value is -2.37. The maximum Gasteiger partial charge on any atom is 0.265 e. The van der Waals surface area contributed by atoms with Crippen LogP contribution in [0.3, 0.4) is 0 Å². The van der Waals surface area contributed by atoms with Gasteiger partial charge in [-0.25, -0.2) is 4.98 Å². The number of rotatable bonds is 4. The van der Waals surface area contributed by atoms with Crippen LogP contribution in [-0.2, 0) is 0 Å². The van der Waals surface area contributed by atoms with Gasteiger partial charge in [0.15, 0.2) is 0 Å². The van der Waals surface area contributed by atoms with E-state index >= 15 is 0 Å². The topological polar surface area (TPSA) is 54.0 Å². The molecule has 3 aromatic rings. The van der Waals surface area contributed by atoms with Crippen LogP contribution in [0.1, 0.15) is 15.2 Å². The quantitative estimate of drug-likeness (QED) is 0.692. The van der Waals surface area contributed by atoms with Crippen LogP contribution in [0, 0.1) is 6.92 Å². The van der Waals surface area contributed by atoms with Crippen molar-refractivity contribution in [2.24, 2.45) is 0 Å². The number of hydrogen-bond donors (Lipinski definition) is 2. The maximum atomic E-state index is 12.0. The predicted molar refractivity (Wildman–Crippen MR) is 96.0 cm³/mol. The molecule has 2 heterocycles. The van der Waals surface area contributed by atoms with Crippen LogP contribution in [0.25, 0.3) is 0 Å². The molecule has 116 valence electrons. The summed E-state index contributed by atoms with van der Waals surface area (Å²) in [6.45, 7) is 1.98. The predicted octanol–water partition coefficient (Wildman–Crippen LogP) is 5.10. The smallest absolute Gasteiger partial charge is 0.265 e. The second-order valence-corrected chi connectivity index (χ2v) is 6.33. The largest absolute Gasteiger partial charge is 0.340 e. The number of thiophene rings is 1. The minimum absolute atomic E-state index is 0.129. The average Bonchev–Trinajstić information content (AvgIpc) is 3.06. The van der Waals surface area contributed by atoms with Crippen molar-refractivity contribution in [3.63, 3.8) is 0 Å². The van der Waals surface area contributed by atoms with Crippen LogP contribution >= 0.6 is 22.9 Å². The molecule has 1 aromatic carbocycles. The van der Waals surface area contributed by atoms with Gasteiger partial charge in [0.1, 0.15) is 5.82 Å². The number of hydrogen-bond acceptors (Lipinski definition) is 4. The fraction of sp³-hybridized carbons (Fsp3) is 0.0588. The molecule has 0 bridgehead atoms. The summed E-state index contributed by atoms with van der Waals surface area (Å²) in [5.74, 6) is 0.570. The fourth-order valence-electron chi connectivity index (χ4n) is 2.05. The van der Waals surface area contributed by atoms with E-state index in [1.54, 1.807) is 12.3 Å². The minimum Gasteiger partial charge on any atom is -0.340 e. The number of pyridine rings is 1. The first-order valence-corrected chi connectivity index (χ1v) is 8.22. The van der Waals surface area contributed by atoms with Crippen molar-refractivity contribution in [2.75, 3.05) is 10.6 Å². The number of aryl methyl sites for hydroxylation is 1. The molecule has 1 amide bonds. The molecule has 6 heteroatoms. The zero-order valence-corrected chi connectivity index (χ0v) is 13.9. The summed E-state index contributed by atoms with van der Waals surface area (Å²) in [6.07, 6.45) is 1.62. The van der Waals surface area contributed by atoms with Gasteiger partial charge in [0.05, 0.1) is 16.8 Å². The molecular weight excluding hydrogens is 330 g/mol. The molecule has 3 rings (SSSR count). The van der Waals surface area contributed by atoms with Crippen LogP contribution in [0.4, 0.5) is 17.2 Å². The average molecular weight is 344 g/mol. The van der Waals surface area contributed by atoms with E-state index in [2.05, 4.69) is 15.6 Å². The fourth-order valence-corrected chi connectivity index (χ4v) is 2.89. The molecule has 0 atom stereocenters. The minimum atomic E-state index is -0.129. The molecule has 0 saturated carbocycles. The molecular formula is C17H14ClN3OS. The lowest BCUT2D eigenvalue weighted by Gasteiger charge is -2.10. The number of halogens is 1. The van der Waals surface area contributed by atoms with Gasteiger partial charge in [-0.1, -0.05) is 17.7 Å². The second-order valence-electron chi connectivity index (χ2n) is 4.95. The van der Waals surface area contributed by atoms with Gasteiger partial charge in [0, 0.05) is 10.7 Å². The van der Waals surface area contributed by atoms with Gasteiger partial charge in [0.2, 0.25) is 0 Å². The normalized spacial score (nSPS) is 10.3. The summed E-state index contributed by atoms with van der Waals surface area (Å²) in [5, 5.41) is 8.62. The van der Waals surface area contributed by atoms with Gasteiger partial charge >= 0.3 is 0 Å². The number of carbonyl (C=O) groups is 1. The number of anilines is 3. The van der Waals surface area contributed by atoms with Gasteiger partial charge in [-0.2, -0.15) is 0 Å². The zero-order valence-electron chi connectivity index (χ0n) is 12.3. The lowest BCUT2D eigenvalue weighted by molar-refractivity contribution is 0.103. The van der Waals surface area contributed by atoms with E-state index < -0.39 is 0 Å². The van der Waals surface area contributed by atoms with Gasteiger partial charge < -0.3 is 10.6 Å². The Balaban J connectivity index is 1.68. The summed E-state index contributed by atoms with van der Waals surface area (Å²) in [6, 6.07) is 12.9. The highest BCUT2D eigenvalue weighted by molar-refractivity contribution is 7.12. The highest BCUT2D eigenvalue weighted by atomic mass is 35.5. The molecule has 0 fully saturated rings. The van der Waals surface area contributed by atoms with E-state index in [1.807, 2.05) is 48.7 Å². The Morgan fingerprint density at radius 3 is 2.74 bits per heavy atom. The molecule has 0 unspecified atom stereocenters. The van der Waals surface area contributed by atoms with Crippen LogP contribution in [0.2, 0.25) is 5.02 Å². The standard InChI is InChI=1S/C17H14ClN3OS/c1-11-9-12(18)4-6-14(11)21-16-7-5-13(10-19-16)20-17(22)15-3-2-8-23-15/h2-10H,1H3,(H,19,21)(H,20,22). The van der Waals surface area contributed by atoms with Crippen LogP contribution < -0.4 is 10.6 Å². The number of aromatic nitrogens is 1. The molecule has 0 aliphatic rings. The van der Waals surface area contributed by atoms with E-state index in [0.717, 1.165) is 11.3 Å². The van der Waals surface area contributed by atoms with Crippen molar-refractivity contribution >= 4 is 46.0 Å². The van der Waals surface area contributed by atoms with Crippen molar-refractivity contribution in [2.45, 2.75) is 6.92 Å². The molecule has 0 saturated heterocycles. The second kappa shape index (κ2) is 6.81. The van der Waals surface area contributed by atoms with Gasteiger partial charge in [-0.3, -0.25) is 4.79 Å². The number of benzene rings is 1. The summed E-state index contributed by atoms with van der Waals surface area (Å²) in [4.78, 5) is 17.0. The third-order valence-corrected chi connectivity index (χ3v) is 4.32. The molecule has 0 aliphatic heterocycles. The molecule has 0 radical (unpaired) electrons. The monoisotopic (exact) mass is 343 g/mol. The first-order chi connectivity index (χ1) is 11.1. The van der Waals surface area contributed by atoms with Gasteiger partial charge in [0.25, 0.3) is 5.91 Å². The molecule has 0 aliphatic carbocycles. The molecule has 23 heavy (non-hydrogen) atoms. The van der Waals surface area contributed by atoms with E-state index in [-0.39, 0.29) is 5.91 Å². The summed E-state index contributed by atoms with van der Waals surface area (Å²) in [5.41, 5.74) is 2.63. The lowest BCUT2D eigenvalue weighted by Crippen LogP contribution is -2.10. The highest BCUT2D eigenvalue weighted by Gasteiger charge is 2.07. The number of nitrogens with one attached hydrogen (secondary N) is 2. The number of carbonyl (C=O) groups excluding carboxylic acids is 1. The maximum absolute atomic E-state index is 12.0. The summed E-state index contributed by atoms with van der Waals surface area (Å²) >= 11 is 7.35. The SMILES string of the molecule is Cc1cc(Cl)ccc1Nc1ccc(NC(=O)c2cccs2)cn1. The molecule has 0 spiro atoms. The molecule has 2 N–H and O–H groups in total. The van der Waals surface area contributed by atoms with E-state index in [1.165, 1.54) is 11.3 Å². The van der Waals surface area contributed by atoms with Crippen molar-refractivity contribution in [1.29, 1.82) is 0 Å². The van der Waals surface area contributed by atoms with Crippen molar-refractivity contribution < 1.29 is 4.79 Å². The van der Waals surface area contributed by atoms with E-state index in [0.29, 0.717) is 21.4 Å². The third kappa shape index (κ3) is 3.88. The van der Waals surface area contributed by atoms with Crippen LogP contribution in [0.5, 0.6) is 0 Å². The Labute approximate surface area is 143 Å². The Kier molecular flexibility index (Phi) is 4.60. The number of amides is 1. The van der Waals surface area contributed by atoms with Crippen LogP contribution in [0.15, 0.2) is 54.0 Å². The van der Waals surface area contributed by atoms with Crippen molar-refractivity contribution in [1.82, 2.24) is 4.98 Å². The first-order valence-electron chi connectivity index (χ1n) is 6.96. The molecule has 2 aromatic heterocycles. The molecule has 4 nitrogen and oxygen atoms in total. The summed E-state index contributed by atoms with van der Waals surface area (Å²) < 4.78 is 0.